The highest BCUT2D eigenvalue weighted by Gasteiger charge is 2.42. The van der Waals surface area contributed by atoms with Gasteiger partial charge in [0.2, 0.25) is 0 Å². The number of thiazole rings is 1. The zero-order chi connectivity index (χ0) is 15.0. The molecule has 3 N–H and O–H groups in total. The molecule has 3 rings (SSSR count). The molecule has 6 heteroatoms. The Morgan fingerprint density at radius 3 is 2.95 bits per heavy atom. The highest BCUT2D eigenvalue weighted by molar-refractivity contribution is 7.18. The number of benzene rings is 1. The maximum Gasteiger partial charge on any atom is 0.319 e. The second-order valence-electron chi connectivity index (χ2n) is 5.84. The number of hydrogen-bond acceptors (Lipinski definition) is 4. The molecule has 1 fully saturated rings. The van der Waals surface area contributed by atoms with E-state index in [4.69, 9.17) is 0 Å². The molecule has 0 radical (unpaired) electrons. The summed E-state index contributed by atoms with van der Waals surface area (Å²) in [4.78, 5) is 16.5. The Hall–Kier alpha value is -1.66. The summed E-state index contributed by atoms with van der Waals surface area (Å²) in [6.07, 6.45) is 2.12. The number of nitrogens with zero attached hydrogens (tertiary/aromatic N) is 1. The molecule has 1 atom stereocenters. The van der Waals surface area contributed by atoms with Gasteiger partial charge in [0, 0.05) is 5.69 Å². The van der Waals surface area contributed by atoms with E-state index >= 15 is 0 Å². The van der Waals surface area contributed by atoms with Gasteiger partial charge in [0.25, 0.3) is 0 Å². The molecule has 1 aromatic heterocycles. The third kappa shape index (κ3) is 3.01. The van der Waals surface area contributed by atoms with Gasteiger partial charge in [-0.15, -0.1) is 11.3 Å². The van der Waals surface area contributed by atoms with Crippen LogP contribution in [0.5, 0.6) is 0 Å². The fourth-order valence-electron chi connectivity index (χ4n) is 2.53. The van der Waals surface area contributed by atoms with E-state index in [2.05, 4.69) is 15.6 Å². The molecule has 0 saturated heterocycles. The van der Waals surface area contributed by atoms with Crippen molar-refractivity contribution in [3.8, 4) is 0 Å². The predicted molar refractivity (Wildman–Crippen MR) is 84.7 cm³/mol. The molecule has 0 bridgehead atoms. The Balaban J connectivity index is 1.70. The number of rotatable bonds is 4. The molecular weight excluding hydrogens is 286 g/mol. The molecule has 1 aliphatic rings. The van der Waals surface area contributed by atoms with Crippen LogP contribution in [0.25, 0.3) is 10.2 Å². The second kappa shape index (κ2) is 5.27. The van der Waals surface area contributed by atoms with E-state index in [1.807, 2.05) is 32.0 Å². The third-order valence-electron chi connectivity index (χ3n) is 3.96. The van der Waals surface area contributed by atoms with Crippen molar-refractivity contribution in [3.63, 3.8) is 0 Å². The number of aliphatic hydroxyl groups excluding tert-OH is 1. The number of aromatic nitrogens is 1. The Morgan fingerprint density at radius 2 is 2.29 bits per heavy atom. The summed E-state index contributed by atoms with van der Waals surface area (Å²) in [5.74, 6) is 0.375. The number of aliphatic hydroxyl groups is 1. The average Bonchev–Trinajstić information content (AvgIpc) is 3.21. The van der Waals surface area contributed by atoms with Gasteiger partial charge in [-0.3, -0.25) is 0 Å². The van der Waals surface area contributed by atoms with Crippen molar-refractivity contribution in [3.05, 3.63) is 23.2 Å². The van der Waals surface area contributed by atoms with Crippen LogP contribution in [0.3, 0.4) is 0 Å². The fraction of sp³-hybridized carbons (Fsp3) is 0.467. The Morgan fingerprint density at radius 1 is 1.52 bits per heavy atom. The molecule has 1 aliphatic carbocycles. The lowest BCUT2D eigenvalue weighted by Crippen LogP contribution is -2.52. The number of carbonyl (C=O) groups excluding carboxylic acids is 1. The quantitative estimate of drug-likeness (QED) is 0.813. The van der Waals surface area contributed by atoms with Crippen LogP contribution in [0.15, 0.2) is 18.2 Å². The minimum atomic E-state index is -0.532. The van der Waals surface area contributed by atoms with Crippen LogP contribution in [0, 0.1) is 12.8 Å². The largest absolute Gasteiger partial charge is 0.394 e. The lowest BCUT2D eigenvalue weighted by atomic mass is 9.97. The first-order valence-electron chi connectivity index (χ1n) is 7.07. The van der Waals surface area contributed by atoms with Crippen LogP contribution < -0.4 is 10.6 Å². The summed E-state index contributed by atoms with van der Waals surface area (Å²) >= 11 is 1.60. The number of hydrogen-bond donors (Lipinski definition) is 3. The Labute approximate surface area is 127 Å². The number of nitrogens with one attached hydrogen (secondary N) is 2. The van der Waals surface area contributed by atoms with Gasteiger partial charge in [0.1, 0.15) is 0 Å². The van der Waals surface area contributed by atoms with Crippen LogP contribution in [0.1, 0.15) is 24.8 Å². The lowest BCUT2D eigenvalue weighted by Gasteiger charge is -2.28. The number of aryl methyl sites for hydroxylation is 1. The van der Waals surface area contributed by atoms with Crippen molar-refractivity contribution < 1.29 is 9.90 Å². The summed E-state index contributed by atoms with van der Waals surface area (Å²) in [5, 5.41) is 16.2. The molecule has 2 amide bonds. The molecule has 21 heavy (non-hydrogen) atoms. The van der Waals surface area contributed by atoms with E-state index in [-0.39, 0.29) is 12.6 Å². The minimum absolute atomic E-state index is 0.0435. The van der Waals surface area contributed by atoms with Crippen LogP contribution in [-0.2, 0) is 0 Å². The number of anilines is 1. The van der Waals surface area contributed by atoms with Gasteiger partial charge in [-0.05, 0) is 50.8 Å². The van der Waals surface area contributed by atoms with Gasteiger partial charge in [-0.2, -0.15) is 0 Å². The predicted octanol–water partition coefficient (Wildman–Crippen LogP) is 2.89. The van der Waals surface area contributed by atoms with Crippen LogP contribution >= 0.6 is 11.3 Å². The van der Waals surface area contributed by atoms with E-state index in [0.29, 0.717) is 5.92 Å². The number of amides is 2. The van der Waals surface area contributed by atoms with Crippen LogP contribution in [0.2, 0.25) is 0 Å². The molecule has 5 nitrogen and oxygen atoms in total. The first kappa shape index (κ1) is 14.3. The van der Waals surface area contributed by atoms with E-state index in [9.17, 15) is 9.90 Å². The van der Waals surface area contributed by atoms with Crippen molar-refractivity contribution in [2.24, 2.45) is 5.92 Å². The summed E-state index contributed by atoms with van der Waals surface area (Å²) in [6, 6.07) is 5.39. The zero-order valence-corrected chi connectivity index (χ0v) is 13.0. The highest BCUT2D eigenvalue weighted by atomic mass is 32.1. The first-order valence-corrected chi connectivity index (χ1v) is 7.89. The van der Waals surface area contributed by atoms with Crippen molar-refractivity contribution in [2.75, 3.05) is 11.9 Å². The summed E-state index contributed by atoms with van der Waals surface area (Å²) in [7, 11) is 0. The third-order valence-corrected chi connectivity index (χ3v) is 4.89. The minimum Gasteiger partial charge on any atom is -0.394 e. The zero-order valence-electron chi connectivity index (χ0n) is 12.1. The van der Waals surface area contributed by atoms with E-state index in [1.165, 1.54) is 0 Å². The smallest absolute Gasteiger partial charge is 0.319 e. The van der Waals surface area contributed by atoms with Gasteiger partial charge >= 0.3 is 6.03 Å². The summed E-state index contributed by atoms with van der Waals surface area (Å²) in [5.41, 5.74) is 1.15. The van der Waals surface area contributed by atoms with Gasteiger partial charge in [-0.25, -0.2) is 9.78 Å². The van der Waals surface area contributed by atoms with Crippen LogP contribution in [0.4, 0.5) is 10.5 Å². The summed E-state index contributed by atoms with van der Waals surface area (Å²) in [6.45, 7) is 3.81. The number of fused-ring (bicyclic) bond motifs is 1. The SMILES string of the molecule is Cc1nc2ccc(NC(=O)NC(C)(CO)C3CC3)cc2s1. The van der Waals surface area contributed by atoms with Crippen molar-refractivity contribution in [2.45, 2.75) is 32.2 Å². The van der Waals surface area contributed by atoms with E-state index < -0.39 is 5.54 Å². The monoisotopic (exact) mass is 305 g/mol. The first-order chi connectivity index (χ1) is 10.00. The molecule has 1 heterocycles. The van der Waals surface area contributed by atoms with Gasteiger partial charge in [0.15, 0.2) is 0 Å². The van der Waals surface area contributed by atoms with Gasteiger partial charge < -0.3 is 15.7 Å². The normalized spacial score (nSPS) is 17.5. The summed E-state index contributed by atoms with van der Waals surface area (Å²) < 4.78 is 1.05. The van der Waals surface area contributed by atoms with Crippen molar-refractivity contribution in [1.82, 2.24) is 10.3 Å². The highest BCUT2D eigenvalue weighted by Crippen LogP contribution is 2.39. The molecule has 1 aromatic carbocycles. The maximum atomic E-state index is 12.1. The van der Waals surface area contributed by atoms with Crippen LogP contribution in [-0.4, -0.2) is 28.3 Å². The standard InChI is InChI=1S/C15H19N3O2S/c1-9-16-12-6-5-11(7-13(12)21-9)17-14(20)18-15(2,8-19)10-3-4-10/h5-7,10,19H,3-4,8H2,1-2H3,(H2,17,18,20). The maximum absolute atomic E-state index is 12.1. The molecule has 1 saturated carbocycles. The van der Waals surface area contributed by atoms with E-state index in [0.717, 1.165) is 33.8 Å². The number of urea groups is 1. The molecule has 1 unspecified atom stereocenters. The van der Waals surface area contributed by atoms with Crippen molar-refractivity contribution >= 4 is 33.3 Å². The van der Waals surface area contributed by atoms with Gasteiger partial charge in [-0.1, -0.05) is 0 Å². The molecular formula is C15H19N3O2S. The second-order valence-corrected chi connectivity index (χ2v) is 7.08. The van der Waals surface area contributed by atoms with E-state index in [1.54, 1.807) is 11.3 Å². The topological polar surface area (TPSA) is 74.2 Å². The molecule has 0 aliphatic heterocycles. The molecule has 2 aromatic rings. The Bertz CT molecular complexity index is 681. The Kier molecular flexibility index (Phi) is 3.59. The average molecular weight is 305 g/mol. The lowest BCUT2D eigenvalue weighted by molar-refractivity contribution is 0.159. The molecule has 0 spiro atoms. The fourth-order valence-corrected chi connectivity index (χ4v) is 3.40. The van der Waals surface area contributed by atoms with Crippen molar-refractivity contribution in [1.29, 1.82) is 0 Å². The van der Waals surface area contributed by atoms with Gasteiger partial charge in [0.05, 0.1) is 27.4 Å². The number of carbonyl (C=O) groups is 1. The molecule has 112 valence electrons.